The number of fused-ring (bicyclic) bond motifs is 5. The third-order valence-corrected chi connectivity index (χ3v) is 5.64. The van der Waals surface area contributed by atoms with Crippen LogP contribution in [0.25, 0.3) is 0 Å². The van der Waals surface area contributed by atoms with Crippen LogP contribution in [0, 0.1) is 23.7 Å². The Morgan fingerprint density at radius 1 is 1.29 bits per heavy atom. The van der Waals surface area contributed by atoms with Crippen molar-refractivity contribution in [3.05, 3.63) is 34.9 Å². The average molecular weight is 405 g/mol. The van der Waals surface area contributed by atoms with E-state index in [9.17, 15) is 14.4 Å². The number of nitrogens with zero attached hydrogens (tertiary/aromatic N) is 2. The quantitative estimate of drug-likeness (QED) is 0.441. The molecule has 1 saturated carbocycles. The average Bonchev–Trinajstić information content (AvgIpc) is 3.33. The fourth-order valence-corrected chi connectivity index (χ4v) is 4.49. The third-order valence-electron chi connectivity index (χ3n) is 5.36. The number of benzene rings is 1. The number of imide groups is 1. The number of ether oxygens (including phenoxy) is 2. The molecule has 4 unspecified atom stereocenters. The van der Waals surface area contributed by atoms with Gasteiger partial charge in [-0.2, -0.15) is 10.1 Å². The fraction of sp³-hybridized carbons (Fsp3) is 0.368. The number of allylic oxidation sites excluding steroid dienone is 2. The van der Waals surface area contributed by atoms with E-state index >= 15 is 0 Å². The van der Waals surface area contributed by atoms with Gasteiger partial charge in [0.25, 0.3) is 11.8 Å². The summed E-state index contributed by atoms with van der Waals surface area (Å²) in [6.45, 7) is -0.570. The third kappa shape index (κ3) is 2.93. The zero-order valence-electron chi connectivity index (χ0n) is 14.9. The van der Waals surface area contributed by atoms with E-state index in [-0.39, 0.29) is 52.0 Å². The molecule has 2 fully saturated rings. The van der Waals surface area contributed by atoms with Gasteiger partial charge < -0.3 is 14.6 Å². The summed E-state index contributed by atoms with van der Waals surface area (Å²) in [6.07, 6.45) is 6.24. The van der Waals surface area contributed by atoms with E-state index in [4.69, 9.17) is 26.2 Å². The van der Waals surface area contributed by atoms with Crippen molar-refractivity contribution in [2.75, 3.05) is 13.7 Å². The summed E-state index contributed by atoms with van der Waals surface area (Å²) in [5.74, 6) is -1.79. The van der Waals surface area contributed by atoms with Gasteiger partial charge in [-0.3, -0.25) is 9.59 Å². The molecule has 8 nitrogen and oxygen atoms in total. The van der Waals surface area contributed by atoms with Crippen molar-refractivity contribution in [2.24, 2.45) is 28.8 Å². The number of amides is 2. The van der Waals surface area contributed by atoms with Crippen LogP contribution in [-0.4, -0.2) is 47.8 Å². The van der Waals surface area contributed by atoms with Crippen molar-refractivity contribution in [3.63, 3.8) is 0 Å². The number of hydrogen-bond donors (Lipinski definition) is 1. The van der Waals surface area contributed by atoms with E-state index < -0.39 is 12.6 Å². The first-order valence-electron chi connectivity index (χ1n) is 8.73. The molecule has 1 aliphatic heterocycles. The molecule has 146 valence electrons. The molecule has 0 aromatic heterocycles. The summed E-state index contributed by atoms with van der Waals surface area (Å²) >= 11 is 6.16. The van der Waals surface area contributed by atoms with Gasteiger partial charge in [0.2, 0.25) is 0 Å². The van der Waals surface area contributed by atoms with Crippen molar-refractivity contribution in [3.8, 4) is 11.5 Å². The number of rotatable bonds is 6. The Labute approximate surface area is 165 Å². The van der Waals surface area contributed by atoms with Crippen molar-refractivity contribution in [1.29, 1.82) is 0 Å². The maximum Gasteiger partial charge on any atom is 0.341 e. The Morgan fingerprint density at radius 3 is 2.50 bits per heavy atom. The second-order valence-corrected chi connectivity index (χ2v) is 7.36. The molecule has 1 heterocycles. The molecule has 2 aliphatic carbocycles. The van der Waals surface area contributed by atoms with Gasteiger partial charge in [-0.1, -0.05) is 23.8 Å². The van der Waals surface area contributed by atoms with Crippen LogP contribution in [0.3, 0.4) is 0 Å². The molecule has 28 heavy (non-hydrogen) atoms. The second kappa shape index (κ2) is 6.94. The highest BCUT2D eigenvalue weighted by molar-refractivity contribution is 6.32. The SMILES string of the molecule is COc1cc(C=NN2C(=O)C3C4C=CC(C4)C3C2=O)cc(Cl)c1OCC(=O)O. The summed E-state index contributed by atoms with van der Waals surface area (Å²) in [5.41, 5.74) is 0.475. The monoisotopic (exact) mass is 404 g/mol. The van der Waals surface area contributed by atoms with Gasteiger partial charge >= 0.3 is 5.97 Å². The first kappa shape index (κ1) is 18.5. The van der Waals surface area contributed by atoms with Crippen molar-refractivity contribution < 1.29 is 29.0 Å². The highest BCUT2D eigenvalue weighted by atomic mass is 35.5. The molecule has 1 saturated heterocycles. The molecule has 0 spiro atoms. The van der Waals surface area contributed by atoms with Crippen LogP contribution in [0.2, 0.25) is 5.02 Å². The van der Waals surface area contributed by atoms with Gasteiger partial charge in [-0.05, 0) is 36.0 Å². The van der Waals surface area contributed by atoms with Crippen molar-refractivity contribution in [1.82, 2.24) is 5.01 Å². The Bertz CT molecular complexity index is 897. The lowest BCUT2D eigenvalue weighted by atomic mass is 9.85. The van der Waals surface area contributed by atoms with Gasteiger partial charge in [0.05, 0.1) is 30.2 Å². The lowest BCUT2D eigenvalue weighted by molar-refractivity contribution is -0.141. The zero-order valence-corrected chi connectivity index (χ0v) is 15.6. The summed E-state index contributed by atoms with van der Waals surface area (Å²) < 4.78 is 10.3. The summed E-state index contributed by atoms with van der Waals surface area (Å²) in [6, 6.07) is 3.02. The van der Waals surface area contributed by atoms with E-state index in [0.717, 1.165) is 11.4 Å². The van der Waals surface area contributed by atoms with Gasteiger partial charge in [-0.25, -0.2) is 4.79 Å². The first-order chi connectivity index (χ1) is 13.4. The Balaban J connectivity index is 1.55. The molecular formula is C19H17ClN2O6. The van der Waals surface area contributed by atoms with Gasteiger partial charge in [0.15, 0.2) is 18.1 Å². The minimum atomic E-state index is -1.15. The van der Waals surface area contributed by atoms with E-state index in [1.807, 2.05) is 12.2 Å². The van der Waals surface area contributed by atoms with Gasteiger partial charge in [-0.15, -0.1) is 0 Å². The Kier molecular flexibility index (Phi) is 4.58. The summed E-state index contributed by atoms with van der Waals surface area (Å²) in [4.78, 5) is 36.0. The van der Waals surface area contributed by atoms with Crippen LogP contribution in [0.15, 0.2) is 29.4 Å². The predicted molar refractivity (Wildman–Crippen MR) is 98.3 cm³/mol. The maximum atomic E-state index is 12.6. The number of carbonyl (C=O) groups is 3. The molecule has 0 radical (unpaired) electrons. The number of hydrogen-bond acceptors (Lipinski definition) is 6. The Morgan fingerprint density at radius 2 is 1.93 bits per heavy atom. The lowest BCUT2D eigenvalue weighted by Gasteiger charge is -2.13. The van der Waals surface area contributed by atoms with Crippen LogP contribution in [0.4, 0.5) is 0 Å². The summed E-state index contributed by atoms with van der Waals surface area (Å²) in [5, 5.41) is 13.9. The minimum absolute atomic E-state index is 0.0919. The van der Waals surface area contributed by atoms with Crippen LogP contribution in [0.5, 0.6) is 11.5 Å². The standard InChI is InChI=1S/C19H17ClN2O6/c1-27-13-5-9(4-12(20)17(13)28-8-14(23)24)7-21-22-18(25)15-10-2-3-11(6-10)16(15)19(22)26/h2-5,7,10-11,15-16H,6,8H2,1H3,(H,23,24). The van der Waals surface area contributed by atoms with Gasteiger partial charge in [0.1, 0.15) is 0 Å². The molecule has 1 N–H and O–H groups in total. The van der Waals surface area contributed by atoms with E-state index in [0.29, 0.717) is 5.56 Å². The smallest absolute Gasteiger partial charge is 0.341 e. The molecule has 2 amide bonds. The number of aliphatic carboxylic acids is 1. The molecule has 2 bridgehead atoms. The highest BCUT2D eigenvalue weighted by Gasteiger charge is 2.59. The number of carbonyl (C=O) groups excluding carboxylic acids is 2. The fourth-order valence-electron chi connectivity index (χ4n) is 4.21. The molecule has 1 aromatic rings. The van der Waals surface area contributed by atoms with Gasteiger partial charge in [0, 0.05) is 0 Å². The molecule has 3 aliphatic rings. The van der Waals surface area contributed by atoms with E-state index in [1.54, 1.807) is 0 Å². The number of methoxy groups -OCH3 is 1. The van der Waals surface area contributed by atoms with Crippen LogP contribution < -0.4 is 9.47 Å². The second-order valence-electron chi connectivity index (χ2n) is 6.95. The van der Waals surface area contributed by atoms with Crippen LogP contribution in [0.1, 0.15) is 12.0 Å². The number of carboxylic acids is 1. The van der Waals surface area contributed by atoms with Crippen molar-refractivity contribution >= 4 is 35.6 Å². The minimum Gasteiger partial charge on any atom is -0.493 e. The topological polar surface area (TPSA) is 106 Å². The molecule has 9 heteroatoms. The molecule has 1 aromatic carbocycles. The Hall–Kier alpha value is -2.87. The van der Waals surface area contributed by atoms with E-state index in [1.165, 1.54) is 25.5 Å². The van der Waals surface area contributed by atoms with Crippen molar-refractivity contribution in [2.45, 2.75) is 6.42 Å². The van der Waals surface area contributed by atoms with Crippen LogP contribution in [-0.2, 0) is 14.4 Å². The molecule has 4 atom stereocenters. The molecular weight excluding hydrogens is 388 g/mol. The predicted octanol–water partition coefficient (Wildman–Crippen LogP) is 1.95. The zero-order chi connectivity index (χ0) is 20.0. The largest absolute Gasteiger partial charge is 0.493 e. The summed E-state index contributed by atoms with van der Waals surface area (Å²) in [7, 11) is 1.39. The van der Waals surface area contributed by atoms with E-state index in [2.05, 4.69) is 5.10 Å². The number of halogens is 1. The lowest BCUT2D eigenvalue weighted by Crippen LogP contribution is -2.28. The normalized spacial score (nSPS) is 27.7. The van der Waals surface area contributed by atoms with Crippen LogP contribution >= 0.6 is 11.6 Å². The first-order valence-corrected chi connectivity index (χ1v) is 9.10. The molecule has 4 rings (SSSR count). The maximum absolute atomic E-state index is 12.6. The highest BCUT2D eigenvalue weighted by Crippen LogP contribution is 2.52. The number of hydrazone groups is 1. The number of carboxylic acid groups (broad SMARTS) is 1.